The van der Waals surface area contributed by atoms with Crippen molar-refractivity contribution in [2.45, 2.75) is 57.7 Å². The van der Waals surface area contributed by atoms with E-state index in [1.807, 2.05) is 31.2 Å². The molecule has 1 amide bonds. The van der Waals surface area contributed by atoms with Gasteiger partial charge in [0.05, 0.1) is 6.54 Å². The molecule has 2 aliphatic rings. The number of benzene rings is 1. The van der Waals surface area contributed by atoms with E-state index in [0.29, 0.717) is 13.0 Å². The molecule has 3 atom stereocenters. The number of carbonyl (C=O) groups is 2. The molecule has 1 aromatic heterocycles. The van der Waals surface area contributed by atoms with Gasteiger partial charge in [0.15, 0.2) is 0 Å². The molecule has 6 nitrogen and oxygen atoms in total. The third kappa shape index (κ3) is 3.71. The van der Waals surface area contributed by atoms with Crippen LogP contribution in [0.3, 0.4) is 0 Å². The summed E-state index contributed by atoms with van der Waals surface area (Å²) in [5.74, 6) is -1.22. The number of rotatable bonds is 4. The van der Waals surface area contributed by atoms with E-state index in [9.17, 15) is 19.5 Å². The van der Waals surface area contributed by atoms with Gasteiger partial charge in [0.25, 0.3) is 11.5 Å². The van der Waals surface area contributed by atoms with E-state index in [-0.39, 0.29) is 23.1 Å². The molecule has 4 rings (SSSR count). The fraction of sp³-hybridized carbons (Fsp3) is 0.435. The van der Waals surface area contributed by atoms with Crippen molar-refractivity contribution in [3.8, 4) is 0 Å². The Labute approximate surface area is 169 Å². The molecule has 152 valence electrons. The molecule has 2 aromatic rings. The number of hydrogen-bond acceptors (Lipinski definition) is 3. The third-order valence-electron chi connectivity index (χ3n) is 6.29. The van der Waals surface area contributed by atoms with Crippen molar-refractivity contribution in [2.75, 3.05) is 0 Å². The molecule has 1 saturated heterocycles. The second kappa shape index (κ2) is 7.85. The Morgan fingerprint density at radius 3 is 2.69 bits per heavy atom. The van der Waals surface area contributed by atoms with E-state index in [0.717, 1.165) is 36.8 Å². The van der Waals surface area contributed by atoms with Gasteiger partial charge in [0, 0.05) is 12.2 Å². The summed E-state index contributed by atoms with van der Waals surface area (Å²) >= 11 is 0. The Kier molecular flexibility index (Phi) is 5.26. The molecule has 3 unspecified atom stereocenters. The lowest BCUT2D eigenvalue weighted by Crippen LogP contribution is -2.48. The Balaban J connectivity index is 1.66. The predicted octanol–water partition coefficient (Wildman–Crippen LogP) is 3.06. The zero-order valence-electron chi connectivity index (χ0n) is 16.6. The SMILES string of the molecule is Cc1cccc(Cn2cccc(C(=O)N3C(C(=O)O)CC4CCCCC43)c2=O)c1. The lowest BCUT2D eigenvalue weighted by molar-refractivity contribution is -0.141. The number of aliphatic carboxylic acids is 1. The molecular formula is C23H26N2O4. The van der Waals surface area contributed by atoms with E-state index in [2.05, 4.69) is 0 Å². The highest BCUT2D eigenvalue weighted by Crippen LogP contribution is 2.40. The average molecular weight is 394 g/mol. The second-order valence-electron chi connectivity index (χ2n) is 8.26. The smallest absolute Gasteiger partial charge is 0.326 e. The third-order valence-corrected chi connectivity index (χ3v) is 6.29. The molecule has 0 bridgehead atoms. The van der Waals surface area contributed by atoms with E-state index >= 15 is 0 Å². The maximum Gasteiger partial charge on any atom is 0.326 e. The van der Waals surface area contributed by atoms with Crippen molar-refractivity contribution in [3.63, 3.8) is 0 Å². The summed E-state index contributed by atoms with van der Waals surface area (Å²) in [4.78, 5) is 39.7. The topological polar surface area (TPSA) is 79.6 Å². The minimum Gasteiger partial charge on any atom is -0.480 e. The van der Waals surface area contributed by atoms with Crippen molar-refractivity contribution in [3.05, 3.63) is 69.6 Å². The Morgan fingerprint density at radius 1 is 1.14 bits per heavy atom. The van der Waals surface area contributed by atoms with Gasteiger partial charge >= 0.3 is 5.97 Å². The van der Waals surface area contributed by atoms with E-state index in [1.54, 1.807) is 12.3 Å². The monoisotopic (exact) mass is 394 g/mol. The van der Waals surface area contributed by atoms with Gasteiger partial charge in [-0.05, 0) is 49.8 Å². The summed E-state index contributed by atoms with van der Waals surface area (Å²) in [7, 11) is 0. The van der Waals surface area contributed by atoms with Gasteiger partial charge in [-0.25, -0.2) is 4.79 Å². The summed E-state index contributed by atoms with van der Waals surface area (Å²) in [5.41, 5.74) is 1.76. The number of carbonyl (C=O) groups excluding carboxylic acids is 1. The highest BCUT2D eigenvalue weighted by molar-refractivity contribution is 5.97. The van der Waals surface area contributed by atoms with Crippen molar-refractivity contribution in [2.24, 2.45) is 5.92 Å². The Hall–Kier alpha value is -2.89. The standard InChI is InChI=1S/C23H26N2O4/c1-15-6-4-7-16(12-15)14-24-11-5-9-18(21(24)26)22(27)25-19-10-3-2-8-17(19)13-20(25)23(28)29/h4-7,9,11-12,17,19-20H,2-3,8,10,13-14H2,1H3,(H,28,29). The van der Waals surface area contributed by atoms with Gasteiger partial charge in [-0.2, -0.15) is 0 Å². The number of fused-ring (bicyclic) bond motifs is 1. The van der Waals surface area contributed by atoms with Crippen LogP contribution >= 0.6 is 0 Å². The molecule has 0 spiro atoms. The number of carboxylic acid groups (broad SMARTS) is 1. The number of likely N-dealkylation sites (tertiary alicyclic amines) is 1. The largest absolute Gasteiger partial charge is 0.480 e. The molecule has 6 heteroatoms. The normalized spacial score (nSPS) is 23.6. The zero-order chi connectivity index (χ0) is 20.5. The van der Waals surface area contributed by atoms with Crippen LogP contribution in [0.15, 0.2) is 47.4 Å². The van der Waals surface area contributed by atoms with Crippen LogP contribution < -0.4 is 5.56 Å². The fourth-order valence-electron chi connectivity index (χ4n) is 4.94. The highest BCUT2D eigenvalue weighted by atomic mass is 16.4. The molecule has 1 saturated carbocycles. The van der Waals surface area contributed by atoms with Crippen LogP contribution in [0.1, 0.15) is 53.6 Å². The van der Waals surface area contributed by atoms with Gasteiger partial charge in [-0.1, -0.05) is 42.7 Å². The van der Waals surface area contributed by atoms with Crippen molar-refractivity contribution >= 4 is 11.9 Å². The first-order valence-corrected chi connectivity index (χ1v) is 10.3. The van der Waals surface area contributed by atoms with Crippen LogP contribution in [-0.2, 0) is 11.3 Å². The van der Waals surface area contributed by atoms with Gasteiger partial charge in [0.1, 0.15) is 11.6 Å². The predicted molar refractivity (Wildman–Crippen MR) is 109 cm³/mol. The fourth-order valence-corrected chi connectivity index (χ4v) is 4.94. The van der Waals surface area contributed by atoms with Gasteiger partial charge in [0.2, 0.25) is 0 Å². The lowest BCUT2D eigenvalue weighted by Gasteiger charge is -2.33. The van der Waals surface area contributed by atoms with Crippen molar-refractivity contribution in [1.29, 1.82) is 0 Å². The second-order valence-corrected chi connectivity index (χ2v) is 8.26. The number of carboxylic acids is 1. The molecule has 1 aromatic carbocycles. The Morgan fingerprint density at radius 2 is 1.93 bits per heavy atom. The number of nitrogens with zero attached hydrogens (tertiary/aromatic N) is 2. The maximum absolute atomic E-state index is 13.3. The number of hydrogen-bond donors (Lipinski definition) is 1. The minimum absolute atomic E-state index is 0.0534. The highest BCUT2D eigenvalue weighted by Gasteiger charge is 2.48. The minimum atomic E-state index is -0.983. The quantitative estimate of drug-likeness (QED) is 0.864. The van der Waals surface area contributed by atoms with Crippen molar-refractivity contribution < 1.29 is 14.7 Å². The number of aromatic nitrogens is 1. The molecule has 0 radical (unpaired) electrons. The summed E-state index contributed by atoms with van der Waals surface area (Å²) in [6.45, 7) is 2.36. The summed E-state index contributed by atoms with van der Waals surface area (Å²) < 4.78 is 1.52. The van der Waals surface area contributed by atoms with E-state index in [1.165, 1.54) is 15.5 Å². The first-order valence-electron chi connectivity index (χ1n) is 10.3. The van der Waals surface area contributed by atoms with Crippen LogP contribution in [-0.4, -0.2) is 38.5 Å². The number of aryl methyl sites for hydroxylation is 1. The van der Waals surface area contributed by atoms with Crippen LogP contribution in [0.2, 0.25) is 0 Å². The molecule has 2 heterocycles. The summed E-state index contributed by atoms with van der Waals surface area (Å²) in [5, 5.41) is 9.69. The van der Waals surface area contributed by atoms with Crippen LogP contribution in [0.4, 0.5) is 0 Å². The van der Waals surface area contributed by atoms with Crippen LogP contribution in [0.25, 0.3) is 0 Å². The first kappa shape index (κ1) is 19.4. The molecule has 1 aliphatic heterocycles. The maximum atomic E-state index is 13.3. The molecule has 1 N–H and O–H groups in total. The summed E-state index contributed by atoms with van der Waals surface area (Å²) in [6, 6.07) is 10.2. The number of amides is 1. The molecule has 2 fully saturated rings. The van der Waals surface area contributed by atoms with Gasteiger partial charge in [-0.3, -0.25) is 9.59 Å². The van der Waals surface area contributed by atoms with Gasteiger partial charge < -0.3 is 14.6 Å². The van der Waals surface area contributed by atoms with Crippen LogP contribution in [0.5, 0.6) is 0 Å². The molecule has 1 aliphatic carbocycles. The van der Waals surface area contributed by atoms with E-state index in [4.69, 9.17) is 0 Å². The average Bonchev–Trinajstić information content (AvgIpc) is 3.09. The van der Waals surface area contributed by atoms with Crippen molar-refractivity contribution in [1.82, 2.24) is 9.47 Å². The lowest BCUT2D eigenvalue weighted by atomic mass is 9.84. The van der Waals surface area contributed by atoms with Gasteiger partial charge in [-0.15, -0.1) is 0 Å². The summed E-state index contributed by atoms with van der Waals surface area (Å²) in [6.07, 6.45) is 5.97. The first-order chi connectivity index (χ1) is 14.0. The molecule has 29 heavy (non-hydrogen) atoms. The molecular weight excluding hydrogens is 368 g/mol. The zero-order valence-corrected chi connectivity index (χ0v) is 16.6. The number of pyridine rings is 1. The Bertz CT molecular complexity index is 996. The van der Waals surface area contributed by atoms with E-state index < -0.39 is 17.9 Å². The van der Waals surface area contributed by atoms with Crippen LogP contribution in [0, 0.1) is 12.8 Å².